The van der Waals surface area contributed by atoms with Gasteiger partial charge in [0.1, 0.15) is 12.1 Å². The third-order valence-electron chi connectivity index (χ3n) is 3.41. The second kappa shape index (κ2) is 7.04. The van der Waals surface area contributed by atoms with Crippen LogP contribution in [0.2, 0.25) is 10.0 Å². The summed E-state index contributed by atoms with van der Waals surface area (Å²) in [5.41, 5.74) is 1.70. The molecule has 0 unspecified atom stereocenters. The normalized spacial score (nSPS) is 10.5. The summed E-state index contributed by atoms with van der Waals surface area (Å²) < 4.78 is 13.3. The molecular weight excluding hydrogens is 368 g/mol. The lowest BCUT2D eigenvalue weighted by Gasteiger charge is -2.14. The van der Waals surface area contributed by atoms with Gasteiger partial charge in [0, 0.05) is 18.0 Å². The van der Waals surface area contributed by atoms with Crippen LogP contribution in [0.25, 0.3) is 11.1 Å². The van der Waals surface area contributed by atoms with Crippen LogP contribution in [0.15, 0.2) is 49.1 Å². The summed E-state index contributed by atoms with van der Waals surface area (Å²) in [7, 11) is 0. The van der Waals surface area contributed by atoms with Crippen LogP contribution < -0.4 is 5.32 Å². The molecule has 0 spiro atoms. The fourth-order valence-corrected chi connectivity index (χ4v) is 2.83. The Morgan fingerprint density at radius 1 is 1.04 bits per heavy atom. The number of aromatic carboxylic acids is 1. The molecule has 0 bridgehead atoms. The minimum atomic E-state index is -1.27. The molecule has 0 radical (unpaired) electrons. The van der Waals surface area contributed by atoms with Crippen LogP contribution in [0.1, 0.15) is 10.4 Å². The summed E-state index contributed by atoms with van der Waals surface area (Å²) in [5.74, 6) is -1.92. The lowest BCUT2D eigenvalue weighted by molar-refractivity contribution is 0.0697. The van der Waals surface area contributed by atoms with Gasteiger partial charge in [-0.2, -0.15) is 0 Å². The largest absolute Gasteiger partial charge is 0.478 e. The molecule has 0 saturated heterocycles. The van der Waals surface area contributed by atoms with Gasteiger partial charge in [0.2, 0.25) is 0 Å². The van der Waals surface area contributed by atoms with Gasteiger partial charge in [-0.05, 0) is 35.9 Å². The highest BCUT2D eigenvalue weighted by Crippen LogP contribution is 2.37. The number of hydrogen-bond acceptors (Lipinski definition) is 4. The van der Waals surface area contributed by atoms with Crippen LogP contribution in [0.5, 0.6) is 0 Å². The maximum atomic E-state index is 13.3. The van der Waals surface area contributed by atoms with Crippen molar-refractivity contribution in [3.05, 3.63) is 70.5 Å². The van der Waals surface area contributed by atoms with Gasteiger partial charge in [-0.3, -0.25) is 0 Å². The van der Waals surface area contributed by atoms with Crippen molar-refractivity contribution in [3.8, 4) is 11.1 Å². The highest BCUT2D eigenvalue weighted by molar-refractivity contribution is 6.39. The first-order valence-electron chi connectivity index (χ1n) is 7.00. The quantitative estimate of drug-likeness (QED) is 0.666. The number of nitrogens with zero attached hydrogens (tertiary/aromatic N) is 2. The highest BCUT2D eigenvalue weighted by atomic mass is 35.5. The number of halogens is 3. The van der Waals surface area contributed by atoms with Gasteiger partial charge >= 0.3 is 5.97 Å². The molecular formula is C17H10Cl2FN3O2. The first kappa shape index (κ1) is 17.1. The second-order valence-electron chi connectivity index (χ2n) is 5.06. The molecule has 1 aromatic heterocycles. The summed E-state index contributed by atoms with van der Waals surface area (Å²) >= 11 is 12.6. The summed E-state index contributed by atoms with van der Waals surface area (Å²) in [6.07, 6.45) is 4.64. The Bertz CT molecular complexity index is 929. The summed E-state index contributed by atoms with van der Waals surface area (Å²) in [5, 5.41) is 12.6. The molecule has 3 rings (SSSR count). The number of nitrogens with one attached hydrogen (secondary N) is 1. The summed E-state index contributed by atoms with van der Waals surface area (Å²) in [6.45, 7) is 0. The third-order valence-corrected chi connectivity index (χ3v) is 4.00. The maximum Gasteiger partial charge on any atom is 0.337 e. The lowest BCUT2D eigenvalue weighted by atomic mass is 10.1. The average molecular weight is 378 g/mol. The van der Waals surface area contributed by atoms with Gasteiger partial charge in [-0.1, -0.05) is 23.2 Å². The van der Waals surface area contributed by atoms with Gasteiger partial charge in [-0.25, -0.2) is 19.2 Å². The van der Waals surface area contributed by atoms with Crippen molar-refractivity contribution in [1.29, 1.82) is 0 Å². The third kappa shape index (κ3) is 3.70. The van der Waals surface area contributed by atoms with E-state index in [2.05, 4.69) is 15.3 Å². The number of rotatable bonds is 4. The van der Waals surface area contributed by atoms with E-state index in [9.17, 15) is 14.3 Å². The molecule has 5 nitrogen and oxygen atoms in total. The van der Waals surface area contributed by atoms with Crippen molar-refractivity contribution in [2.45, 2.75) is 0 Å². The van der Waals surface area contributed by atoms with E-state index in [0.29, 0.717) is 11.3 Å². The molecule has 0 atom stereocenters. The number of carboxylic acids is 1. The van der Waals surface area contributed by atoms with Gasteiger partial charge in [-0.15, -0.1) is 0 Å². The Morgan fingerprint density at radius 3 is 2.28 bits per heavy atom. The molecule has 0 aliphatic carbocycles. The minimum Gasteiger partial charge on any atom is -0.478 e. The van der Waals surface area contributed by atoms with E-state index in [-0.39, 0.29) is 21.3 Å². The average Bonchev–Trinajstić information content (AvgIpc) is 2.59. The van der Waals surface area contributed by atoms with E-state index in [1.807, 2.05) is 0 Å². The van der Waals surface area contributed by atoms with E-state index >= 15 is 0 Å². The maximum absolute atomic E-state index is 13.3. The molecule has 8 heteroatoms. The van der Waals surface area contributed by atoms with E-state index in [1.54, 1.807) is 24.5 Å². The predicted octanol–water partition coefficient (Wildman–Crippen LogP) is 5.03. The minimum absolute atomic E-state index is 0.175. The zero-order valence-electron chi connectivity index (χ0n) is 12.5. The summed E-state index contributed by atoms with van der Waals surface area (Å²) in [4.78, 5) is 19.2. The molecule has 2 aromatic carbocycles. The number of hydrogen-bond donors (Lipinski definition) is 2. The topological polar surface area (TPSA) is 75.1 Å². The highest BCUT2D eigenvalue weighted by Gasteiger charge is 2.15. The fraction of sp³-hybridized carbons (Fsp3) is 0. The fourth-order valence-electron chi connectivity index (χ4n) is 2.24. The first-order chi connectivity index (χ1) is 12.0. The van der Waals surface area contributed by atoms with Crippen molar-refractivity contribution in [1.82, 2.24) is 9.97 Å². The number of aromatic nitrogens is 2. The van der Waals surface area contributed by atoms with E-state index < -0.39 is 11.8 Å². The van der Waals surface area contributed by atoms with Crippen molar-refractivity contribution in [3.63, 3.8) is 0 Å². The van der Waals surface area contributed by atoms with E-state index in [0.717, 1.165) is 17.7 Å². The number of anilines is 2. The SMILES string of the molecule is O=C(O)c1cc(F)ccc1Nc1c(Cl)cc(-c2cncnc2)cc1Cl. The molecule has 0 amide bonds. The predicted molar refractivity (Wildman–Crippen MR) is 94.1 cm³/mol. The first-order valence-corrected chi connectivity index (χ1v) is 7.75. The van der Waals surface area contributed by atoms with Crippen molar-refractivity contribution < 1.29 is 14.3 Å². The van der Waals surface area contributed by atoms with Crippen molar-refractivity contribution in [2.24, 2.45) is 0 Å². The van der Waals surface area contributed by atoms with Crippen molar-refractivity contribution >= 4 is 40.5 Å². The second-order valence-corrected chi connectivity index (χ2v) is 5.88. The zero-order chi connectivity index (χ0) is 18.0. The Labute approximate surface area is 152 Å². The van der Waals surface area contributed by atoms with Gasteiger partial charge in [0.15, 0.2) is 0 Å². The van der Waals surface area contributed by atoms with Crippen molar-refractivity contribution in [2.75, 3.05) is 5.32 Å². The molecule has 126 valence electrons. The molecule has 3 aromatic rings. The van der Waals surface area contributed by atoms with E-state index in [4.69, 9.17) is 23.2 Å². The number of benzene rings is 2. The Kier molecular flexibility index (Phi) is 4.83. The molecule has 0 saturated carbocycles. The molecule has 0 aliphatic heterocycles. The van der Waals surface area contributed by atoms with Gasteiger partial charge in [0.25, 0.3) is 0 Å². The van der Waals surface area contributed by atoms with E-state index in [1.165, 1.54) is 12.4 Å². The molecule has 25 heavy (non-hydrogen) atoms. The summed E-state index contributed by atoms with van der Waals surface area (Å²) in [6, 6.07) is 6.68. The Morgan fingerprint density at radius 2 is 1.68 bits per heavy atom. The van der Waals surface area contributed by atoms with Gasteiger partial charge in [0.05, 0.1) is 27.0 Å². The number of carboxylic acid groups (broad SMARTS) is 1. The standard InChI is InChI=1S/C17H10Cl2FN3O2/c18-13-3-9(10-6-21-8-22-7-10)4-14(19)16(13)23-15-2-1-11(20)5-12(15)17(24)25/h1-8,23H,(H,24,25). The van der Waals surface area contributed by atoms with Crippen LogP contribution >= 0.6 is 23.2 Å². The molecule has 2 N–H and O–H groups in total. The molecule has 0 fully saturated rings. The van der Waals surface area contributed by atoms with Crippen LogP contribution in [-0.2, 0) is 0 Å². The monoisotopic (exact) mass is 377 g/mol. The lowest BCUT2D eigenvalue weighted by Crippen LogP contribution is -2.04. The number of carbonyl (C=O) groups is 1. The van der Waals surface area contributed by atoms with Crippen LogP contribution in [0.3, 0.4) is 0 Å². The smallest absolute Gasteiger partial charge is 0.337 e. The zero-order valence-corrected chi connectivity index (χ0v) is 14.0. The van der Waals surface area contributed by atoms with Crippen LogP contribution in [0, 0.1) is 5.82 Å². The Balaban J connectivity index is 2.01. The molecule has 0 aliphatic rings. The Hall–Kier alpha value is -2.70. The van der Waals surface area contributed by atoms with Crippen LogP contribution in [-0.4, -0.2) is 21.0 Å². The van der Waals surface area contributed by atoms with Crippen LogP contribution in [0.4, 0.5) is 15.8 Å². The van der Waals surface area contributed by atoms with Gasteiger partial charge < -0.3 is 10.4 Å². The molecule has 1 heterocycles.